The van der Waals surface area contributed by atoms with Gasteiger partial charge in [0.1, 0.15) is 0 Å². The van der Waals surface area contributed by atoms with E-state index in [1.165, 1.54) is 54.5 Å². The van der Waals surface area contributed by atoms with Crippen molar-refractivity contribution < 1.29 is 14.5 Å². The van der Waals surface area contributed by atoms with Crippen molar-refractivity contribution in [1.29, 1.82) is 0 Å². The minimum atomic E-state index is -0.538. The Labute approximate surface area is 169 Å². The molecule has 12 nitrogen and oxygen atoms in total. The summed E-state index contributed by atoms with van der Waals surface area (Å²) in [5.74, 6) is -0.221. The van der Waals surface area contributed by atoms with Crippen LogP contribution >= 0.6 is 0 Å². The van der Waals surface area contributed by atoms with Gasteiger partial charge in [0.25, 0.3) is 11.6 Å². The summed E-state index contributed by atoms with van der Waals surface area (Å²) in [6.45, 7) is 0. The number of hydrogen-bond donors (Lipinski definition) is 0. The van der Waals surface area contributed by atoms with Crippen LogP contribution in [0.2, 0.25) is 0 Å². The molecule has 3 aromatic rings. The van der Waals surface area contributed by atoms with Gasteiger partial charge in [0, 0.05) is 38.6 Å². The Morgan fingerprint density at radius 3 is 2.63 bits per heavy atom. The van der Waals surface area contributed by atoms with Crippen molar-refractivity contribution in [2.75, 3.05) is 23.9 Å². The fourth-order valence-corrected chi connectivity index (χ4v) is 2.94. The summed E-state index contributed by atoms with van der Waals surface area (Å²) in [5.41, 5.74) is 0.569. The van der Waals surface area contributed by atoms with Crippen molar-refractivity contribution in [3.8, 4) is 0 Å². The lowest BCUT2D eigenvalue weighted by Gasteiger charge is -2.26. The molecule has 4 rings (SSSR count). The zero-order valence-electron chi connectivity index (χ0n) is 15.8. The molecule has 150 valence electrons. The highest BCUT2D eigenvalue weighted by Crippen LogP contribution is 2.43. The van der Waals surface area contributed by atoms with Crippen LogP contribution in [0.15, 0.2) is 59.0 Å². The largest absolute Gasteiger partial charge is 0.330 e. The van der Waals surface area contributed by atoms with Crippen LogP contribution in [0.4, 0.5) is 33.5 Å². The number of nitro benzene ring substituents is 1. The van der Waals surface area contributed by atoms with E-state index in [1.807, 2.05) is 0 Å². The maximum absolute atomic E-state index is 12.9. The Kier molecular flexibility index (Phi) is 4.50. The smallest absolute Gasteiger partial charge is 0.279 e. The number of urea groups is 1. The van der Waals surface area contributed by atoms with Crippen LogP contribution in [-0.2, 0) is 0 Å². The third kappa shape index (κ3) is 3.05. The maximum atomic E-state index is 12.9. The van der Waals surface area contributed by atoms with Crippen molar-refractivity contribution >= 4 is 40.6 Å². The highest BCUT2D eigenvalue weighted by molar-refractivity contribution is 6.13. The predicted octanol–water partition coefficient (Wildman–Crippen LogP) is 3.30. The van der Waals surface area contributed by atoms with Gasteiger partial charge in [-0.15, -0.1) is 10.2 Å². The first kappa shape index (κ1) is 18.9. The predicted molar refractivity (Wildman–Crippen MR) is 106 cm³/mol. The second kappa shape index (κ2) is 7.16. The lowest BCUT2D eigenvalue weighted by atomic mass is 10.2. The molecular formula is C18H14N8O4. The minimum Gasteiger partial charge on any atom is -0.279 e. The van der Waals surface area contributed by atoms with E-state index in [-0.39, 0.29) is 34.3 Å². The number of aromatic nitrogens is 3. The van der Waals surface area contributed by atoms with E-state index in [1.54, 1.807) is 18.2 Å². The molecule has 30 heavy (non-hydrogen) atoms. The number of pyridine rings is 1. The number of azo groups is 1. The van der Waals surface area contributed by atoms with Crippen molar-refractivity contribution in [3.05, 3.63) is 64.5 Å². The molecule has 0 spiro atoms. The summed E-state index contributed by atoms with van der Waals surface area (Å²) in [5, 5.41) is 23.4. The first-order chi connectivity index (χ1) is 14.4. The zero-order valence-corrected chi connectivity index (χ0v) is 15.8. The second-order valence-corrected chi connectivity index (χ2v) is 6.33. The maximum Gasteiger partial charge on any atom is 0.330 e. The van der Waals surface area contributed by atoms with Crippen LogP contribution in [0.25, 0.3) is 0 Å². The quantitative estimate of drug-likeness (QED) is 0.370. The standard InChI is InChI=1S/C18H14N8O4/c1-23-15-14(21-20-12-6-3-7-13(9-12)26(29)30)16(24(2)18(23)28)25(22-15)17(27)11-5-4-8-19-10-11/h3-10H,1-2H3. The molecule has 1 aromatic carbocycles. The zero-order chi connectivity index (χ0) is 21.4. The van der Waals surface area contributed by atoms with Gasteiger partial charge in [0.05, 0.1) is 16.2 Å². The van der Waals surface area contributed by atoms with Crippen molar-refractivity contribution in [3.63, 3.8) is 0 Å². The Balaban J connectivity index is 1.81. The molecule has 0 atom stereocenters. The number of benzene rings is 1. The van der Waals surface area contributed by atoms with Crippen LogP contribution in [-0.4, -0.2) is 45.7 Å². The first-order valence-corrected chi connectivity index (χ1v) is 8.64. The summed E-state index contributed by atoms with van der Waals surface area (Å²) >= 11 is 0. The molecule has 0 aliphatic carbocycles. The number of fused-ring (bicyclic) bond motifs is 2. The summed E-state index contributed by atoms with van der Waals surface area (Å²) in [6.07, 6.45) is 2.92. The molecular weight excluding hydrogens is 392 g/mol. The molecule has 3 heterocycles. The van der Waals surface area contributed by atoms with Gasteiger partial charge in [-0.1, -0.05) is 6.07 Å². The Hall–Kier alpha value is -4.48. The van der Waals surface area contributed by atoms with Crippen LogP contribution in [0.3, 0.4) is 0 Å². The lowest BCUT2D eigenvalue weighted by Crippen LogP contribution is -2.41. The van der Waals surface area contributed by atoms with Crippen molar-refractivity contribution in [2.45, 2.75) is 0 Å². The van der Waals surface area contributed by atoms with Crippen LogP contribution < -0.4 is 9.80 Å². The fraction of sp³-hybridized carbons (Fsp3) is 0.111. The van der Waals surface area contributed by atoms with E-state index in [2.05, 4.69) is 20.3 Å². The van der Waals surface area contributed by atoms with Crippen LogP contribution in [0, 0.1) is 10.1 Å². The topological polar surface area (TPSA) is 139 Å². The normalized spacial score (nSPS) is 13.2. The summed E-state index contributed by atoms with van der Waals surface area (Å²) in [4.78, 5) is 42.2. The fourth-order valence-electron chi connectivity index (χ4n) is 2.94. The number of carbonyl (C=O) groups excluding carboxylic acids is 2. The molecule has 0 radical (unpaired) electrons. The Morgan fingerprint density at radius 1 is 1.13 bits per heavy atom. The monoisotopic (exact) mass is 406 g/mol. The highest BCUT2D eigenvalue weighted by atomic mass is 16.6. The van der Waals surface area contributed by atoms with E-state index in [4.69, 9.17) is 0 Å². The number of non-ortho nitro benzene ring substituents is 1. The molecule has 0 saturated carbocycles. The molecule has 1 aliphatic rings. The van der Waals surface area contributed by atoms with Crippen LogP contribution in [0.1, 0.15) is 10.4 Å². The third-order valence-corrected chi connectivity index (χ3v) is 4.44. The van der Waals surface area contributed by atoms with E-state index < -0.39 is 16.9 Å². The van der Waals surface area contributed by atoms with E-state index >= 15 is 0 Å². The number of nitro groups is 1. The molecule has 0 N–H and O–H groups in total. The van der Waals surface area contributed by atoms with E-state index in [0.29, 0.717) is 0 Å². The third-order valence-electron chi connectivity index (χ3n) is 4.44. The first-order valence-electron chi connectivity index (χ1n) is 8.64. The molecule has 2 amide bonds. The Bertz CT molecular complexity index is 1200. The Morgan fingerprint density at radius 2 is 1.93 bits per heavy atom. The second-order valence-electron chi connectivity index (χ2n) is 6.33. The van der Waals surface area contributed by atoms with Gasteiger partial charge in [0.15, 0.2) is 17.3 Å². The molecule has 12 heteroatoms. The van der Waals surface area contributed by atoms with Gasteiger partial charge in [-0.05, 0) is 18.2 Å². The summed E-state index contributed by atoms with van der Waals surface area (Å²) < 4.78 is 1.07. The number of anilines is 2. The van der Waals surface area contributed by atoms with Gasteiger partial charge < -0.3 is 0 Å². The number of nitrogens with zero attached hydrogens (tertiary/aromatic N) is 8. The number of amides is 2. The molecule has 2 bridgehead atoms. The number of carbonyl (C=O) groups is 2. The summed E-state index contributed by atoms with van der Waals surface area (Å²) in [6, 6.07) is 8.42. The SMILES string of the molecule is CN1C(=O)N(C)c2c(N=Nc3cccc([N+](=O)[O-])c3)c1nn2C(=O)c1cccnc1. The average molecular weight is 406 g/mol. The van der Waals surface area contributed by atoms with Gasteiger partial charge >= 0.3 is 6.03 Å². The van der Waals surface area contributed by atoms with Crippen molar-refractivity contribution in [2.24, 2.45) is 10.2 Å². The molecule has 0 fully saturated rings. The van der Waals surface area contributed by atoms with Gasteiger partial charge in [-0.25, -0.2) is 4.79 Å². The van der Waals surface area contributed by atoms with Crippen molar-refractivity contribution in [1.82, 2.24) is 14.8 Å². The number of rotatable bonds is 4. The van der Waals surface area contributed by atoms with E-state index in [9.17, 15) is 19.7 Å². The highest BCUT2D eigenvalue weighted by Gasteiger charge is 2.37. The molecule has 2 aromatic heterocycles. The van der Waals surface area contributed by atoms with Gasteiger partial charge in [0.2, 0.25) is 0 Å². The van der Waals surface area contributed by atoms with Gasteiger partial charge in [-0.3, -0.25) is 29.7 Å². The van der Waals surface area contributed by atoms with E-state index in [0.717, 1.165) is 4.68 Å². The number of hydrogen-bond acceptors (Lipinski definition) is 8. The lowest BCUT2D eigenvalue weighted by molar-refractivity contribution is -0.384. The summed E-state index contributed by atoms with van der Waals surface area (Å²) in [7, 11) is 2.98. The molecule has 0 unspecified atom stereocenters. The average Bonchev–Trinajstić information content (AvgIpc) is 3.11. The minimum absolute atomic E-state index is 0.133. The van der Waals surface area contributed by atoms with Crippen LogP contribution in [0.5, 0.6) is 0 Å². The van der Waals surface area contributed by atoms with Gasteiger partial charge in [-0.2, -0.15) is 9.80 Å². The molecule has 0 saturated heterocycles. The molecule has 1 aliphatic heterocycles.